The van der Waals surface area contributed by atoms with Crippen LogP contribution in [0.1, 0.15) is 41.4 Å². The summed E-state index contributed by atoms with van der Waals surface area (Å²) >= 11 is 1.78. The number of aromatic nitrogens is 1. The number of aliphatic imine (C=N–C) groups is 1. The molecule has 1 aromatic heterocycles. The lowest BCUT2D eigenvalue weighted by molar-refractivity contribution is 0.310. The van der Waals surface area contributed by atoms with E-state index in [0.29, 0.717) is 6.61 Å². The van der Waals surface area contributed by atoms with Gasteiger partial charge in [-0.1, -0.05) is 6.07 Å². The van der Waals surface area contributed by atoms with Gasteiger partial charge in [0.05, 0.1) is 24.4 Å². The van der Waals surface area contributed by atoms with Gasteiger partial charge in [0.2, 0.25) is 0 Å². The van der Waals surface area contributed by atoms with Crippen molar-refractivity contribution < 1.29 is 9.47 Å². The fourth-order valence-electron chi connectivity index (χ4n) is 2.89. The molecule has 0 aliphatic carbocycles. The third kappa shape index (κ3) is 7.57. The number of nitrogens with one attached hydrogen (secondary N) is 2. The van der Waals surface area contributed by atoms with E-state index in [-0.39, 0.29) is 0 Å². The van der Waals surface area contributed by atoms with Crippen molar-refractivity contribution in [2.24, 2.45) is 4.99 Å². The number of rotatable bonds is 11. The second-order valence-electron chi connectivity index (χ2n) is 6.71. The van der Waals surface area contributed by atoms with Crippen molar-refractivity contribution in [2.75, 3.05) is 33.4 Å². The number of aryl methyl sites for hydroxylation is 3. The zero-order chi connectivity index (χ0) is 21.1. The van der Waals surface area contributed by atoms with Crippen molar-refractivity contribution in [2.45, 2.75) is 47.0 Å². The zero-order valence-corrected chi connectivity index (χ0v) is 19.1. The van der Waals surface area contributed by atoms with Crippen LogP contribution in [0.25, 0.3) is 0 Å². The van der Waals surface area contributed by atoms with Crippen molar-refractivity contribution in [3.8, 4) is 11.5 Å². The van der Waals surface area contributed by atoms with E-state index in [1.54, 1.807) is 18.4 Å². The van der Waals surface area contributed by atoms with Crippen LogP contribution in [0, 0.1) is 13.8 Å². The summed E-state index contributed by atoms with van der Waals surface area (Å²) in [6.07, 6.45) is 2.83. The van der Waals surface area contributed by atoms with Crippen molar-refractivity contribution in [1.82, 2.24) is 15.6 Å². The summed E-state index contributed by atoms with van der Waals surface area (Å²) in [5.74, 6) is 2.44. The molecule has 0 saturated heterocycles. The van der Waals surface area contributed by atoms with Crippen molar-refractivity contribution in [3.63, 3.8) is 0 Å². The van der Waals surface area contributed by atoms with E-state index in [2.05, 4.69) is 48.5 Å². The average Bonchev–Trinajstić information content (AvgIpc) is 3.03. The van der Waals surface area contributed by atoms with Crippen LogP contribution < -0.4 is 20.1 Å². The Bertz CT molecular complexity index is 770. The molecule has 6 nitrogen and oxygen atoms in total. The molecule has 2 rings (SSSR count). The van der Waals surface area contributed by atoms with Gasteiger partial charge in [0.25, 0.3) is 0 Å². The van der Waals surface area contributed by atoms with Gasteiger partial charge < -0.3 is 20.1 Å². The summed E-state index contributed by atoms with van der Waals surface area (Å²) in [4.78, 5) is 10.6. The quantitative estimate of drug-likeness (QED) is 0.329. The molecule has 0 aliphatic rings. The standard InChI is InChI=1S/C22H34N4O2S/c1-6-23-22(25-14-12-21-26-16(3)17(4)29-21)24-13-8-9-18-10-11-19(27-5)20(15-18)28-7-2/h10-11,15H,6-9,12-14H2,1-5H3,(H2,23,24,25). The van der Waals surface area contributed by atoms with E-state index >= 15 is 0 Å². The van der Waals surface area contributed by atoms with E-state index in [1.165, 1.54) is 15.4 Å². The summed E-state index contributed by atoms with van der Waals surface area (Å²) in [7, 11) is 1.67. The number of benzene rings is 1. The van der Waals surface area contributed by atoms with Crippen LogP contribution in [0.3, 0.4) is 0 Å². The Morgan fingerprint density at radius 2 is 1.97 bits per heavy atom. The van der Waals surface area contributed by atoms with Crippen LogP contribution >= 0.6 is 11.3 Å². The lowest BCUT2D eigenvalue weighted by atomic mass is 10.1. The maximum atomic E-state index is 5.66. The van der Waals surface area contributed by atoms with Gasteiger partial charge in [-0.25, -0.2) is 4.98 Å². The third-order valence-corrected chi connectivity index (χ3v) is 5.60. The largest absolute Gasteiger partial charge is 0.493 e. The molecule has 1 heterocycles. The van der Waals surface area contributed by atoms with Crippen molar-refractivity contribution in [3.05, 3.63) is 39.3 Å². The molecule has 2 aromatic rings. The highest BCUT2D eigenvalue weighted by molar-refractivity contribution is 7.11. The minimum atomic E-state index is 0.627. The molecule has 0 fully saturated rings. The van der Waals surface area contributed by atoms with Gasteiger partial charge in [-0.15, -0.1) is 11.3 Å². The summed E-state index contributed by atoms with van der Waals surface area (Å²) in [5.41, 5.74) is 2.37. The molecular weight excluding hydrogens is 384 g/mol. The summed E-state index contributed by atoms with van der Waals surface area (Å²) in [6, 6.07) is 6.12. The lowest BCUT2D eigenvalue weighted by Crippen LogP contribution is -2.38. The van der Waals surface area contributed by atoms with Crippen LogP contribution in [-0.4, -0.2) is 44.3 Å². The normalized spacial score (nSPS) is 11.4. The van der Waals surface area contributed by atoms with Crippen LogP contribution in [0.2, 0.25) is 0 Å². The number of nitrogens with zero attached hydrogens (tertiary/aromatic N) is 2. The summed E-state index contributed by atoms with van der Waals surface area (Å²) < 4.78 is 11.0. The Morgan fingerprint density at radius 3 is 2.62 bits per heavy atom. The number of thiazole rings is 1. The monoisotopic (exact) mass is 418 g/mol. The second-order valence-corrected chi connectivity index (χ2v) is 8.00. The van der Waals surface area contributed by atoms with E-state index in [0.717, 1.165) is 62.0 Å². The zero-order valence-electron chi connectivity index (χ0n) is 18.3. The average molecular weight is 419 g/mol. The molecule has 0 spiro atoms. The maximum Gasteiger partial charge on any atom is 0.191 e. The first-order valence-corrected chi connectivity index (χ1v) is 11.1. The van der Waals surface area contributed by atoms with Gasteiger partial charge in [-0.05, 0) is 58.2 Å². The van der Waals surface area contributed by atoms with Gasteiger partial charge in [0, 0.05) is 30.9 Å². The van der Waals surface area contributed by atoms with Crippen molar-refractivity contribution in [1.29, 1.82) is 0 Å². The summed E-state index contributed by atoms with van der Waals surface area (Å²) in [5, 5.41) is 7.89. The minimum Gasteiger partial charge on any atom is -0.493 e. The highest BCUT2D eigenvalue weighted by Crippen LogP contribution is 2.28. The molecule has 0 atom stereocenters. The minimum absolute atomic E-state index is 0.627. The number of guanidine groups is 1. The van der Waals surface area contributed by atoms with Crippen LogP contribution in [-0.2, 0) is 12.8 Å². The second kappa shape index (κ2) is 12.3. The van der Waals surface area contributed by atoms with E-state index in [4.69, 9.17) is 14.5 Å². The first kappa shape index (κ1) is 23.0. The molecule has 7 heteroatoms. The lowest BCUT2D eigenvalue weighted by Gasteiger charge is -2.12. The van der Waals surface area contributed by atoms with Gasteiger partial charge >= 0.3 is 0 Å². The first-order valence-electron chi connectivity index (χ1n) is 10.3. The molecule has 29 heavy (non-hydrogen) atoms. The predicted octanol–water partition coefficient (Wildman–Crippen LogP) is 3.90. The Hall–Kier alpha value is -2.28. The molecule has 0 unspecified atom stereocenters. The molecule has 0 radical (unpaired) electrons. The van der Waals surface area contributed by atoms with E-state index < -0.39 is 0 Å². The fourth-order valence-corrected chi connectivity index (χ4v) is 3.83. The Morgan fingerprint density at radius 1 is 1.14 bits per heavy atom. The van der Waals surface area contributed by atoms with Crippen LogP contribution in [0.15, 0.2) is 23.2 Å². The molecule has 2 N–H and O–H groups in total. The van der Waals surface area contributed by atoms with Crippen LogP contribution in [0.4, 0.5) is 0 Å². The van der Waals surface area contributed by atoms with Gasteiger partial charge in [-0.2, -0.15) is 0 Å². The fraction of sp³-hybridized carbons (Fsp3) is 0.545. The highest BCUT2D eigenvalue weighted by Gasteiger charge is 2.06. The smallest absolute Gasteiger partial charge is 0.191 e. The Kier molecular flexibility index (Phi) is 9.77. The molecule has 0 bridgehead atoms. The predicted molar refractivity (Wildman–Crippen MR) is 122 cm³/mol. The topological polar surface area (TPSA) is 67.8 Å². The van der Waals surface area contributed by atoms with Gasteiger partial charge in [0.1, 0.15) is 0 Å². The highest BCUT2D eigenvalue weighted by atomic mass is 32.1. The number of hydrogen-bond donors (Lipinski definition) is 2. The van der Waals surface area contributed by atoms with Crippen molar-refractivity contribution >= 4 is 17.3 Å². The molecule has 0 amide bonds. The molecule has 160 valence electrons. The molecule has 0 aliphatic heterocycles. The number of methoxy groups -OCH3 is 1. The number of hydrogen-bond acceptors (Lipinski definition) is 5. The SMILES string of the molecule is CCNC(=NCCCc1ccc(OC)c(OCC)c1)NCCc1nc(C)c(C)s1. The molecule has 1 aromatic carbocycles. The maximum absolute atomic E-state index is 5.66. The van der Waals surface area contributed by atoms with Gasteiger partial charge in [-0.3, -0.25) is 4.99 Å². The van der Waals surface area contributed by atoms with E-state index in [9.17, 15) is 0 Å². The van der Waals surface area contributed by atoms with Crippen LogP contribution in [0.5, 0.6) is 11.5 Å². The third-order valence-electron chi connectivity index (χ3n) is 4.47. The first-order chi connectivity index (χ1) is 14.1. The molecule has 0 saturated carbocycles. The number of ether oxygens (including phenoxy) is 2. The Labute approximate surface area is 178 Å². The Balaban J connectivity index is 1.81. The summed E-state index contributed by atoms with van der Waals surface area (Å²) in [6.45, 7) is 11.3. The van der Waals surface area contributed by atoms with Gasteiger partial charge in [0.15, 0.2) is 17.5 Å². The van der Waals surface area contributed by atoms with E-state index in [1.807, 2.05) is 13.0 Å². The molecular formula is C22H34N4O2S.